The summed E-state index contributed by atoms with van der Waals surface area (Å²) in [7, 11) is 1.61. The lowest BCUT2D eigenvalue weighted by molar-refractivity contribution is 0.186. The molecule has 0 aliphatic carbocycles. The highest BCUT2D eigenvalue weighted by Gasteiger charge is 2.09. The molecule has 2 rings (SSSR count). The lowest BCUT2D eigenvalue weighted by atomic mass is 10.1. The Balaban J connectivity index is 1.88. The zero-order chi connectivity index (χ0) is 18.1. The molecule has 1 aromatic heterocycles. The van der Waals surface area contributed by atoms with Crippen molar-refractivity contribution in [2.75, 3.05) is 26.7 Å². The minimum Gasteiger partial charge on any atom is -0.497 e. The SMILES string of the molecule is CCNC(=NCC(O)c1cccc(OC)c1)NCCc1ncc(C)s1. The van der Waals surface area contributed by atoms with Gasteiger partial charge in [-0.25, -0.2) is 4.98 Å². The highest BCUT2D eigenvalue weighted by molar-refractivity contribution is 7.11. The van der Waals surface area contributed by atoms with Crippen molar-refractivity contribution in [1.82, 2.24) is 15.6 Å². The van der Waals surface area contributed by atoms with Gasteiger partial charge in [-0.15, -0.1) is 11.3 Å². The van der Waals surface area contributed by atoms with Crippen LogP contribution in [0.4, 0.5) is 0 Å². The average molecular weight is 362 g/mol. The number of rotatable bonds is 8. The van der Waals surface area contributed by atoms with E-state index in [0.29, 0.717) is 5.96 Å². The summed E-state index contributed by atoms with van der Waals surface area (Å²) in [6.07, 6.45) is 2.07. The van der Waals surface area contributed by atoms with E-state index in [4.69, 9.17) is 4.74 Å². The van der Waals surface area contributed by atoms with Crippen LogP contribution in [0.15, 0.2) is 35.5 Å². The van der Waals surface area contributed by atoms with Crippen LogP contribution in [0.5, 0.6) is 5.75 Å². The Hall–Kier alpha value is -2.12. The van der Waals surface area contributed by atoms with Crippen molar-refractivity contribution >= 4 is 17.3 Å². The summed E-state index contributed by atoms with van der Waals surface area (Å²) < 4.78 is 5.19. The molecule has 0 aliphatic rings. The van der Waals surface area contributed by atoms with Gasteiger partial charge >= 0.3 is 0 Å². The number of aliphatic imine (C=N–C) groups is 1. The van der Waals surface area contributed by atoms with E-state index < -0.39 is 6.10 Å². The fourth-order valence-electron chi connectivity index (χ4n) is 2.28. The Bertz CT molecular complexity index is 687. The minimum atomic E-state index is -0.674. The Morgan fingerprint density at radius 3 is 2.92 bits per heavy atom. The van der Waals surface area contributed by atoms with E-state index in [-0.39, 0.29) is 6.54 Å². The predicted molar refractivity (Wildman–Crippen MR) is 102 cm³/mol. The molecule has 0 saturated heterocycles. The monoisotopic (exact) mass is 362 g/mol. The zero-order valence-electron chi connectivity index (χ0n) is 15.0. The van der Waals surface area contributed by atoms with E-state index in [1.807, 2.05) is 37.4 Å². The molecule has 0 fully saturated rings. The zero-order valence-corrected chi connectivity index (χ0v) is 15.8. The summed E-state index contributed by atoms with van der Waals surface area (Å²) in [6.45, 7) is 5.85. The second-order valence-corrected chi connectivity index (χ2v) is 6.87. The van der Waals surface area contributed by atoms with Gasteiger partial charge in [-0.3, -0.25) is 4.99 Å². The van der Waals surface area contributed by atoms with E-state index in [1.165, 1.54) is 4.88 Å². The average Bonchev–Trinajstić information content (AvgIpc) is 3.04. The van der Waals surface area contributed by atoms with Gasteiger partial charge in [-0.05, 0) is 31.5 Å². The number of aliphatic hydroxyl groups is 1. The molecule has 6 nitrogen and oxygen atoms in total. The van der Waals surface area contributed by atoms with E-state index in [2.05, 4.69) is 27.5 Å². The van der Waals surface area contributed by atoms with Crippen molar-refractivity contribution < 1.29 is 9.84 Å². The van der Waals surface area contributed by atoms with Crippen molar-refractivity contribution in [3.8, 4) is 5.75 Å². The van der Waals surface area contributed by atoms with Crippen molar-refractivity contribution in [3.63, 3.8) is 0 Å². The van der Waals surface area contributed by atoms with E-state index >= 15 is 0 Å². The third-order valence-corrected chi connectivity index (χ3v) is 4.52. The van der Waals surface area contributed by atoms with Gasteiger partial charge in [0, 0.05) is 30.6 Å². The number of guanidine groups is 1. The summed E-state index contributed by atoms with van der Waals surface area (Å²) in [6, 6.07) is 7.41. The number of ether oxygens (including phenoxy) is 1. The lowest BCUT2D eigenvalue weighted by Gasteiger charge is -2.13. The molecule has 0 spiro atoms. The van der Waals surface area contributed by atoms with Crippen molar-refractivity contribution in [1.29, 1.82) is 0 Å². The molecule has 0 bridgehead atoms. The van der Waals surface area contributed by atoms with Crippen LogP contribution in [0.25, 0.3) is 0 Å². The Labute approximate surface area is 153 Å². The molecule has 1 unspecified atom stereocenters. The summed E-state index contributed by atoms with van der Waals surface area (Å²) in [5, 5.41) is 17.9. The summed E-state index contributed by atoms with van der Waals surface area (Å²) in [5.74, 6) is 1.42. The van der Waals surface area contributed by atoms with Crippen molar-refractivity contribution in [2.24, 2.45) is 4.99 Å². The number of hydrogen-bond acceptors (Lipinski definition) is 5. The predicted octanol–water partition coefficient (Wildman–Crippen LogP) is 2.29. The number of aromatic nitrogens is 1. The first-order valence-electron chi connectivity index (χ1n) is 8.38. The van der Waals surface area contributed by atoms with Gasteiger partial charge in [0.05, 0.1) is 24.8 Å². The van der Waals surface area contributed by atoms with Crippen molar-refractivity contribution in [2.45, 2.75) is 26.4 Å². The summed E-state index contributed by atoms with van der Waals surface area (Å²) in [5.41, 5.74) is 0.789. The fourth-order valence-corrected chi connectivity index (χ4v) is 3.07. The molecule has 1 aromatic carbocycles. The van der Waals surface area contributed by atoms with Crippen LogP contribution in [0.3, 0.4) is 0 Å². The Morgan fingerprint density at radius 1 is 1.40 bits per heavy atom. The van der Waals surface area contributed by atoms with Gasteiger partial charge in [0.2, 0.25) is 0 Å². The number of thiazole rings is 1. The fraction of sp³-hybridized carbons (Fsp3) is 0.444. The second kappa shape index (κ2) is 10.0. The Morgan fingerprint density at radius 2 is 2.24 bits per heavy atom. The molecule has 1 atom stereocenters. The van der Waals surface area contributed by atoms with Crippen molar-refractivity contribution in [3.05, 3.63) is 45.9 Å². The first kappa shape index (κ1) is 19.2. The van der Waals surface area contributed by atoms with Crippen LogP contribution in [-0.2, 0) is 6.42 Å². The van der Waals surface area contributed by atoms with Crippen LogP contribution in [-0.4, -0.2) is 42.8 Å². The van der Waals surface area contributed by atoms with Gasteiger partial charge in [0.15, 0.2) is 5.96 Å². The molecule has 3 N–H and O–H groups in total. The third kappa shape index (κ3) is 6.36. The molecule has 0 radical (unpaired) electrons. The number of methoxy groups -OCH3 is 1. The third-order valence-electron chi connectivity index (χ3n) is 3.55. The standard InChI is InChI=1S/C18H26N4O2S/c1-4-19-18(20-9-8-17-21-11-13(2)25-17)22-12-16(23)14-6-5-7-15(10-14)24-3/h5-7,10-11,16,23H,4,8-9,12H2,1-3H3,(H2,19,20,22). The van der Waals surface area contributed by atoms with Gasteiger partial charge in [0.1, 0.15) is 5.75 Å². The van der Waals surface area contributed by atoms with Gasteiger partial charge in [-0.2, -0.15) is 0 Å². The van der Waals surface area contributed by atoms with Gasteiger partial charge < -0.3 is 20.5 Å². The molecule has 0 saturated carbocycles. The first-order chi connectivity index (χ1) is 12.1. The molecule has 136 valence electrons. The van der Waals surface area contributed by atoms with Gasteiger partial charge in [-0.1, -0.05) is 12.1 Å². The van der Waals surface area contributed by atoms with E-state index in [9.17, 15) is 5.11 Å². The Kier molecular flexibility index (Phi) is 7.69. The molecule has 2 aromatic rings. The molecular formula is C18H26N4O2S. The van der Waals surface area contributed by atoms with Gasteiger partial charge in [0.25, 0.3) is 0 Å². The van der Waals surface area contributed by atoms with Crippen LogP contribution < -0.4 is 15.4 Å². The lowest BCUT2D eigenvalue weighted by Crippen LogP contribution is -2.38. The highest BCUT2D eigenvalue weighted by Crippen LogP contribution is 2.19. The maximum atomic E-state index is 10.3. The maximum Gasteiger partial charge on any atom is 0.191 e. The number of nitrogens with zero attached hydrogens (tertiary/aromatic N) is 2. The number of benzene rings is 1. The quantitative estimate of drug-likeness (QED) is 0.496. The van der Waals surface area contributed by atoms with Crippen LogP contribution in [0, 0.1) is 6.92 Å². The summed E-state index contributed by atoms with van der Waals surface area (Å²) >= 11 is 1.71. The number of aryl methyl sites for hydroxylation is 1. The number of nitrogens with one attached hydrogen (secondary N) is 2. The van der Waals surface area contributed by atoms with Crippen LogP contribution >= 0.6 is 11.3 Å². The number of aliphatic hydroxyl groups excluding tert-OH is 1. The van der Waals surface area contributed by atoms with Crippen LogP contribution in [0.2, 0.25) is 0 Å². The molecule has 0 amide bonds. The van der Waals surface area contributed by atoms with Crippen LogP contribution in [0.1, 0.15) is 28.5 Å². The topological polar surface area (TPSA) is 78.8 Å². The largest absolute Gasteiger partial charge is 0.497 e. The molecule has 1 heterocycles. The number of hydrogen-bond donors (Lipinski definition) is 3. The highest BCUT2D eigenvalue weighted by atomic mass is 32.1. The first-order valence-corrected chi connectivity index (χ1v) is 9.19. The molecule has 7 heteroatoms. The molecule has 25 heavy (non-hydrogen) atoms. The van der Waals surface area contributed by atoms with E-state index in [0.717, 1.165) is 35.8 Å². The smallest absolute Gasteiger partial charge is 0.191 e. The molecular weight excluding hydrogens is 336 g/mol. The summed E-state index contributed by atoms with van der Waals surface area (Å²) in [4.78, 5) is 10.0. The minimum absolute atomic E-state index is 0.277. The normalized spacial score (nSPS) is 12.7. The maximum absolute atomic E-state index is 10.3. The second-order valence-electron chi connectivity index (χ2n) is 5.55. The molecule has 0 aliphatic heterocycles. The van der Waals surface area contributed by atoms with E-state index in [1.54, 1.807) is 18.4 Å².